The molecule has 0 N–H and O–H groups in total. The van der Waals surface area contributed by atoms with Gasteiger partial charge in [0.15, 0.2) is 0 Å². The quantitative estimate of drug-likeness (QED) is 0.771. The second-order valence-corrected chi connectivity index (χ2v) is 3.29. The van der Waals surface area contributed by atoms with Crippen LogP contribution in [0.25, 0.3) is 0 Å². The number of hydrogen-bond donors (Lipinski definition) is 0. The maximum atomic E-state index is 12.0. The van der Waals surface area contributed by atoms with E-state index in [4.69, 9.17) is 4.74 Å². The minimum atomic E-state index is -4.99. The van der Waals surface area contributed by atoms with Crippen molar-refractivity contribution >= 4 is 5.97 Å². The Hall–Kier alpha value is -1.72. The maximum absolute atomic E-state index is 12.0. The third kappa shape index (κ3) is 3.37. The first-order chi connectivity index (χ1) is 7.86. The Labute approximate surface area is 96.1 Å². The highest BCUT2D eigenvalue weighted by Gasteiger charge is 2.42. The molecule has 17 heavy (non-hydrogen) atoms. The van der Waals surface area contributed by atoms with Crippen LogP contribution >= 0.6 is 0 Å². The van der Waals surface area contributed by atoms with Crippen LogP contribution in [0.3, 0.4) is 0 Å². The first kappa shape index (κ1) is 13.3. The smallest absolute Gasteiger partial charge is 0.490 e. The fourth-order valence-electron chi connectivity index (χ4n) is 1.29. The predicted octanol–water partition coefficient (Wildman–Crippen LogP) is 2.86. The van der Waals surface area contributed by atoms with E-state index < -0.39 is 18.2 Å². The van der Waals surface area contributed by atoms with Gasteiger partial charge in [0.25, 0.3) is 0 Å². The fourth-order valence-corrected chi connectivity index (χ4v) is 1.29. The van der Waals surface area contributed by atoms with Crippen molar-refractivity contribution in [2.24, 2.45) is 0 Å². The lowest BCUT2D eigenvalue weighted by atomic mass is 10.1. The SMILES string of the molecule is COc1ccccc1C(C)OC(=O)C(F)(F)F. The lowest BCUT2D eigenvalue weighted by Crippen LogP contribution is -2.26. The molecule has 0 aromatic heterocycles. The van der Waals surface area contributed by atoms with Gasteiger partial charge in [0.1, 0.15) is 11.9 Å². The molecule has 1 aromatic carbocycles. The van der Waals surface area contributed by atoms with Crippen molar-refractivity contribution in [2.45, 2.75) is 19.2 Å². The average molecular weight is 248 g/mol. The van der Waals surface area contributed by atoms with E-state index in [1.165, 1.54) is 20.1 Å². The molecular weight excluding hydrogens is 237 g/mol. The van der Waals surface area contributed by atoms with E-state index in [-0.39, 0.29) is 0 Å². The first-order valence-electron chi connectivity index (χ1n) is 4.77. The number of methoxy groups -OCH3 is 1. The molecule has 0 saturated carbocycles. The van der Waals surface area contributed by atoms with Crippen molar-refractivity contribution in [1.29, 1.82) is 0 Å². The first-order valence-corrected chi connectivity index (χ1v) is 4.77. The summed E-state index contributed by atoms with van der Waals surface area (Å²) in [6, 6.07) is 6.40. The van der Waals surface area contributed by atoms with Gasteiger partial charge in [-0.05, 0) is 13.0 Å². The molecule has 3 nitrogen and oxygen atoms in total. The van der Waals surface area contributed by atoms with Crippen LogP contribution in [-0.2, 0) is 9.53 Å². The third-order valence-electron chi connectivity index (χ3n) is 2.09. The Kier molecular flexibility index (Phi) is 3.98. The van der Waals surface area contributed by atoms with Crippen molar-refractivity contribution in [3.05, 3.63) is 29.8 Å². The zero-order valence-corrected chi connectivity index (χ0v) is 9.25. The Balaban J connectivity index is 2.83. The molecule has 1 rings (SSSR count). The maximum Gasteiger partial charge on any atom is 0.490 e. The van der Waals surface area contributed by atoms with Crippen LogP contribution in [0.4, 0.5) is 13.2 Å². The van der Waals surface area contributed by atoms with Gasteiger partial charge < -0.3 is 9.47 Å². The average Bonchev–Trinajstić information content (AvgIpc) is 2.27. The highest BCUT2D eigenvalue weighted by Crippen LogP contribution is 2.29. The molecule has 1 atom stereocenters. The third-order valence-corrected chi connectivity index (χ3v) is 2.09. The number of halogens is 3. The normalized spacial score (nSPS) is 13.0. The number of rotatable bonds is 3. The molecule has 0 aliphatic rings. The van der Waals surface area contributed by atoms with Crippen molar-refractivity contribution in [3.63, 3.8) is 0 Å². The van der Waals surface area contributed by atoms with Crippen molar-refractivity contribution in [2.75, 3.05) is 7.11 Å². The highest BCUT2D eigenvalue weighted by molar-refractivity contribution is 5.75. The van der Waals surface area contributed by atoms with Crippen LogP contribution in [0, 0.1) is 0 Å². The van der Waals surface area contributed by atoms with Gasteiger partial charge in [0, 0.05) is 5.56 Å². The van der Waals surface area contributed by atoms with E-state index in [0.29, 0.717) is 11.3 Å². The zero-order chi connectivity index (χ0) is 13.1. The number of hydrogen-bond acceptors (Lipinski definition) is 3. The molecular formula is C11H11F3O3. The number of carbonyl (C=O) groups excluding carboxylic acids is 1. The van der Waals surface area contributed by atoms with Crippen LogP contribution in [0.1, 0.15) is 18.6 Å². The Morgan fingerprint density at radius 2 is 1.88 bits per heavy atom. The second-order valence-electron chi connectivity index (χ2n) is 3.29. The molecule has 0 spiro atoms. The summed E-state index contributed by atoms with van der Waals surface area (Å²) in [4.78, 5) is 10.7. The van der Waals surface area contributed by atoms with Gasteiger partial charge in [-0.2, -0.15) is 13.2 Å². The van der Waals surface area contributed by atoms with E-state index in [0.717, 1.165) is 0 Å². The van der Waals surface area contributed by atoms with E-state index in [1.807, 2.05) is 0 Å². The molecule has 94 valence electrons. The topological polar surface area (TPSA) is 35.5 Å². The van der Waals surface area contributed by atoms with E-state index >= 15 is 0 Å². The molecule has 0 fully saturated rings. The number of esters is 1. The van der Waals surface area contributed by atoms with Crippen LogP contribution in [-0.4, -0.2) is 19.3 Å². The van der Waals surface area contributed by atoms with Crippen LogP contribution < -0.4 is 4.74 Å². The second kappa shape index (κ2) is 5.07. The van der Waals surface area contributed by atoms with Gasteiger partial charge in [-0.25, -0.2) is 4.79 Å². The minimum Gasteiger partial charge on any atom is -0.496 e. The standard InChI is InChI=1S/C11H11F3O3/c1-7(17-10(15)11(12,13)14)8-5-3-4-6-9(8)16-2/h3-7H,1-2H3. The summed E-state index contributed by atoms with van der Waals surface area (Å²) in [7, 11) is 1.39. The molecule has 1 unspecified atom stereocenters. The summed E-state index contributed by atoms with van der Waals surface area (Å²) in [5.74, 6) is -1.84. The van der Waals surface area contributed by atoms with E-state index in [1.54, 1.807) is 18.2 Å². The zero-order valence-electron chi connectivity index (χ0n) is 9.25. The molecule has 0 heterocycles. The molecule has 0 aliphatic heterocycles. The van der Waals surface area contributed by atoms with Gasteiger partial charge in [-0.3, -0.25) is 0 Å². The lowest BCUT2D eigenvalue weighted by Gasteiger charge is -2.17. The number of benzene rings is 1. The van der Waals surface area contributed by atoms with E-state index in [9.17, 15) is 18.0 Å². The summed E-state index contributed by atoms with van der Waals surface area (Å²) in [5.41, 5.74) is 0.382. The monoisotopic (exact) mass is 248 g/mol. The van der Waals surface area contributed by atoms with Crippen molar-refractivity contribution in [1.82, 2.24) is 0 Å². The van der Waals surface area contributed by atoms with Crippen LogP contribution in [0.15, 0.2) is 24.3 Å². The Morgan fingerprint density at radius 1 is 1.29 bits per heavy atom. The summed E-state index contributed by atoms with van der Waals surface area (Å²) in [5, 5.41) is 0. The van der Waals surface area contributed by atoms with Gasteiger partial charge >= 0.3 is 12.1 Å². The Bertz CT molecular complexity index is 401. The largest absolute Gasteiger partial charge is 0.496 e. The summed E-state index contributed by atoms with van der Waals surface area (Å²) < 4.78 is 45.3. The summed E-state index contributed by atoms with van der Waals surface area (Å²) >= 11 is 0. The number of para-hydroxylation sites is 1. The molecule has 0 saturated heterocycles. The van der Waals surface area contributed by atoms with Crippen LogP contribution in [0.5, 0.6) is 5.75 Å². The number of ether oxygens (including phenoxy) is 2. The van der Waals surface area contributed by atoms with Gasteiger partial charge in [0.05, 0.1) is 7.11 Å². The number of alkyl halides is 3. The highest BCUT2D eigenvalue weighted by atomic mass is 19.4. The molecule has 0 aliphatic carbocycles. The van der Waals surface area contributed by atoms with Gasteiger partial charge in [-0.15, -0.1) is 0 Å². The van der Waals surface area contributed by atoms with Gasteiger partial charge in [0.2, 0.25) is 0 Å². The molecule has 0 amide bonds. The van der Waals surface area contributed by atoms with Gasteiger partial charge in [-0.1, -0.05) is 18.2 Å². The summed E-state index contributed by atoms with van der Waals surface area (Å²) in [6.45, 7) is 1.35. The molecule has 1 aromatic rings. The van der Waals surface area contributed by atoms with Crippen molar-refractivity contribution < 1.29 is 27.4 Å². The van der Waals surface area contributed by atoms with Crippen LogP contribution in [0.2, 0.25) is 0 Å². The number of carbonyl (C=O) groups is 1. The Morgan fingerprint density at radius 3 is 2.41 bits per heavy atom. The molecule has 0 radical (unpaired) electrons. The lowest BCUT2D eigenvalue weighted by molar-refractivity contribution is -0.204. The molecule has 0 bridgehead atoms. The van der Waals surface area contributed by atoms with Crippen molar-refractivity contribution in [3.8, 4) is 5.75 Å². The fraction of sp³-hybridized carbons (Fsp3) is 0.364. The minimum absolute atomic E-state index is 0.370. The van der Waals surface area contributed by atoms with E-state index in [2.05, 4.69) is 4.74 Å². The predicted molar refractivity (Wildman–Crippen MR) is 53.6 cm³/mol. The molecule has 6 heteroatoms. The summed E-state index contributed by atoms with van der Waals surface area (Å²) in [6.07, 6.45) is -6.02.